The molecule has 3 rings (SSSR count). The first kappa shape index (κ1) is 26.2. The van der Waals surface area contributed by atoms with Crippen molar-refractivity contribution in [1.29, 1.82) is 0 Å². The number of aliphatic hydroxyl groups is 1. The van der Waals surface area contributed by atoms with Crippen LogP contribution in [0.25, 0.3) is 16.8 Å². The monoisotopic (exact) mass is 474 g/mol. The lowest BCUT2D eigenvalue weighted by Crippen LogP contribution is -2.05. The number of unbranched alkanes of at least 4 members (excludes halogenated alkanes) is 4. The van der Waals surface area contributed by atoms with Crippen molar-refractivity contribution in [3.63, 3.8) is 0 Å². The second-order valence-electron chi connectivity index (χ2n) is 8.84. The van der Waals surface area contributed by atoms with E-state index < -0.39 is 6.79 Å². The van der Waals surface area contributed by atoms with Gasteiger partial charge in [0, 0.05) is 18.4 Å². The molecule has 0 bridgehead atoms. The van der Waals surface area contributed by atoms with Crippen LogP contribution in [0.4, 0.5) is 0 Å². The van der Waals surface area contributed by atoms with Crippen molar-refractivity contribution in [2.75, 3.05) is 6.79 Å². The highest BCUT2D eigenvalue weighted by Gasteiger charge is 2.13. The fourth-order valence-corrected chi connectivity index (χ4v) is 4.12. The Balaban J connectivity index is 1.70. The first-order valence-electron chi connectivity index (χ1n) is 12.3. The molecule has 0 atom stereocenters. The summed E-state index contributed by atoms with van der Waals surface area (Å²) in [6, 6.07) is 17.5. The van der Waals surface area contributed by atoms with E-state index in [1.807, 2.05) is 36.4 Å². The molecule has 0 radical (unpaired) electrons. The number of allylic oxidation sites excluding steroid dienone is 1. The van der Waals surface area contributed by atoms with Crippen molar-refractivity contribution < 1.29 is 24.5 Å². The molecular weight excluding hydrogens is 440 g/mol. The van der Waals surface area contributed by atoms with E-state index in [0.29, 0.717) is 24.0 Å². The van der Waals surface area contributed by atoms with Crippen molar-refractivity contribution in [2.24, 2.45) is 0 Å². The third-order valence-corrected chi connectivity index (χ3v) is 6.00. The summed E-state index contributed by atoms with van der Waals surface area (Å²) in [5, 5.41) is 22.1. The molecule has 5 heteroatoms. The molecule has 0 heterocycles. The molecule has 0 aromatic heterocycles. The number of aliphatic hydroxyl groups excluding tert-OH is 1. The molecule has 0 fully saturated rings. The lowest BCUT2D eigenvalue weighted by Gasteiger charge is -2.12. The van der Waals surface area contributed by atoms with Crippen LogP contribution in [0.2, 0.25) is 0 Å². The van der Waals surface area contributed by atoms with Gasteiger partial charge in [-0.2, -0.15) is 0 Å². The van der Waals surface area contributed by atoms with Crippen molar-refractivity contribution in [3.8, 4) is 11.5 Å². The van der Waals surface area contributed by atoms with E-state index in [1.54, 1.807) is 18.2 Å². The van der Waals surface area contributed by atoms with Gasteiger partial charge in [-0.25, -0.2) is 0 Å². The van der Waals surface area contributed by atoms with Crippen LogP contribution in [0.15, 0.2) is 60.7 Å². The minimum atomic E-state index is -0.582. The predicted octanol–water partition coefficient (Wildman–Crippen LogP) is 6.37. The zero-order valence-electron chi connectivity index (χ0n) is 20.3. The zero-order chi connectivity index (χ0) is 25.0. The fraction of sp³-hybridized carbons (Fsp3) is 0.333. The Bertz CT molecular complexity index is 1180. The zero-order valence-corrected chi connectivity index (χ0v) is 20.3. The van der Waals surface area contributed by atoms with Gasteiger partial charge in [0.05, 0.1) is 6.42 Å². The van der Waals surface area contributed by atoms with Gasteiger partial charge in [0.2, 0.25) is 0 Å². The van der Waals surface area contributed by atoms with Crippen LogP contribution in [0.1, 0.15) is 68.6 Å². The fourth-order valence-electron chi connectivity index (χ4n) is 4.12. The van der Waals surface area contributed by atoms with Gasteiger partial charge in [-0.1, -0.05) is 81.1 Å². The molecule has 5 nitrogen and oxygen atoms in total. The van der Waals surface area contributed by atoms with E-state index in [-0.39, 0.29) is 29.5 Å². The number of phenols is 1. The number of fused-ring (bicyclic) bond motifs is 1. The van der Waals surface area contributed by atoms with Crippen LogP contribution in [0, 0.1) is 0 Å². The maximum absolute atomic E-state index is 12.3. The summed E-state index contributed by atoms with van der Waals surface area (Å²) in [6.45, 7) is 1.57. The summed E-state index contributed by atoms with van der Waals surface area (Å²) >= 11 is 0. The molecule has 35 heavy (non-hydrogen) atoms. The van der Waals surface area contributed by atoms with Gasteiger partial charge in [-0.05, 0) is 46.5 Å². The lowest BCUT2D eigenvalue weighted by atomic mass is 9.98. The molecule has 0 aliphatic rings. The number of hydrogen-bond acceptors (Lipinski definition) is 5. The maximum Gasteiger partial charge on any atom is 0.186 e. The highest BCUT2D eigenvalue weighted by molar-refractivity contribution is 6.06. The number of ether oxygens (including phenoxy) is 1. The molecular formula is C30H34O5. The number of hydrogen-bond donors (Lipinski definition) is 2. The number of Topliss-reactive ketones (excluding diaryl/α,β-unsaturated/α-hetero) is 1. The number of phenolic OH excluding ortho intramolecular Hbond substituents is 1. The Hall–Kier alpha value is -3.44. The summed E-state index contributed by atoms with van der Waals surface area (Å²) in [5.41, 5.74) is 2.26. The van der Waals surface area contributed by atoms with Crippen LogP contribution in [0.3, 0.4) is 0 Å². The van der Waals surface area contributed by atoms with Gasteiger partial charge in [-0.3, -0.25) is 9.59 Å². The lowest BCUT2D eigenvalue weighted by molar-refractivity contribution is -0.124. The van der Waals surface area contributed by atoms with Crippen molar-refractivity contribution in [2.45, 2.75) is 58.3 Å². The average Bonchev–Trinajstić information content (AvgIpc) is 2.85. The normalized spacial score (nSPS) is 11.3. The molecule has 0 saturated heterocycles. The molecule has 184 valence electrons. The van der Waals surface area contributed by atoms with Gasteiger partial charge in [0.15, 0.2) is 24.1 Å². The van der Waals surface area contributed by atoms with Crippen LogP contribution in [-0.4, -0.2) is 28.6 Å². The average molecular weight is 475 g/mol. The molecule has 0 spiro atoms. The number of carbonyl (C=O) groups excluding carboxylic acids is 2. The Labute approximate surface area is 207 Å². The predicted molar refractivity (Wildman–Crippen MR) is 140 cm³/mol. The molecule has 0 aliphatic heterocycles. The minimum absolute atomic E-state index is 0.0387. The molecule has 0 aliphatic carbocycles. The van der Waals surface area contributed by atoms with Gasteiger partial charge >= 0.3 is 0 Å². The van der Waals surface area contributed by atoms with Crippen molar-refractivity contribution in [1.82, 2.24) is 0 Å². The Morgan fingerprint density at radius 3 is 2.49 bits per heavy atom. The highest BCUT2D eigenvalue weighted by Crippen LogP contribution is 2.34. The second kappa shape index (κ2) is 13.4. The van der Waals surface area contributed by atoms with Crippen molar-refractivity contribution >= 4 is 28.4 Å². The second-order valence-corrected chi connectivity index (χ2v) is 8.84. The summed E-state index contributed by atoms with van der Waals surface area (Å²) in [5.74, 6) is -0.199. The van der Waals surface area contributed by atoms with E-state index in [2.05, 4.69) is 13.0 Å². The summed E-state index contributed by atoms with van der Waals surface area (Å²) in [6.07, 6.45) is 9.09. The molecule has 0 unspecified atom stereocenters. The van der Waals surface area contributed by atoms with Crippen LogP contribution >= 0.6 is 0 Å². The van der Waals surface area contributed by atoms with Gasteiger partial charge < -0.3 is 14.9 Å². The van der Waals surface area contributed by atoms with Crippen molar-refractivity contribution in [3.05, 3.63) is 77.4 Å². The van der Waals surface area contributed by atoms with Gasteiger partial charge in [0.25, 0.3) is 0 Å². The number of benzene rings is 3. The summed E-state index contributed by atoms with van der Waals surface area (Å²) in [7, 11) is 0. The summed E-state index contributed by atoms with van der Waals surface area (Å²) < 4.78 is 5.20. The third kappa shape index (κ3) is 8.08. The standard InChI is InChI=1S/C30H34O5/c1-2-3-4-5-6-11-27(32)20-28(33)15-13-23-18-26(30(34)29(19-23)35-21-31)17-22-12-14-24-9-7-8-10-25(24)16-22/h7-10,12-16,18-19,31,34H,2-6,11,17,20-21H2,1H3. The topological polar surface area (TPSA) is 83.8 Å². The largest absolute Gasteiger partial charge is 0.504 e. The van der Waals surface area contributed by atoms with E-state index >= 15 is 0 Å². The van der Waals surface area contributed by atoms with E-state index in [0.717, 1.165) is 42.0 Å². The quantitative estimate of drug-likeness (QED) is 0.123. The van der Waals surface area contributed by atoms with Gasteiger partial charge in [-0.15, -0.1) is 0 Å². The maximum atomic E-state index is 12.3. The van der Waals surface area contributed by atoms with Crippen LogP contribution < -0.4 is 4.74 Å². The first-order valence-corrected chi connectivity index (χ1v) is 12.3. The Morgan fingerprint density at radius 2 is 1.71 bits per heavy atom. The number of rotatable bonds is 14. The minimum Gasteiger partial charge on any atom is -0.504 e. The molecule has 3 aromatic rings. The highest BCUT2D eigenvalue weighted by atomic mass is 16.6. The van der Waals surface area contributed by atoms with Crippen LogP contribution in [0.5, 0.6) is 11.5 Å². The first-order chi connectivity index (χ1) is 17.0. The molecule has 0 amide bonds. The molecule has 2 N–H and O–H groups in total. The summed E-state index contributed by atoms with van der Waals surface area (Å²) in [4.78, 5) is 24.4. The van der Waals surface area contributed by atoms with Crippen LogP contribution in [-0.2, 0) is 16.0 Å². The number of ketones is 2. The smallest absolute Gasteiger partial charge is 0.186 e. The SMILES string of the molecule is CCCCCCCC(=O)CC(=O)C=Cc1cc(Cc2ccc3ccccc3c2)c(O)c(OCO)c1. The van der Waals surface area contributed by atoms with E-state index in [4.69, 9.17) is 4.74 Å². The van der Waals surface area contributed by atoms with Gasteiger partial charge in [0.1, 0.15) is 5.78 Å². The molecule has 3 aromatic carbocycles. The number of carbonyl (C=O) groups is 2. The van der Waals surface area contributed by atoms with E-state index in [9.17, 15) is 19.8 Å². The third-order valence-electron chi connectivity index (χ3n) is 6.00. The molecule has 0 saturated carbocycles. The Morgan fingerprint density at radius 1 is 0.943 bits per heavy atom. The van der Waals surface area contributed by atoms with E-state index in [1.165, 1.54) is 12.5 Å². The number of aromatic hydroxyl groups is 1. The Kier molecular flexibility index (Phi) is 10.1.